The van der Waals surface area contributed by atoms with E-state index in [1.807, 2.05) is 12.4 Å². The van der Waals surface area contributed by atoms with Crippen molar-refractivity contribution in [1.29, 1.82) is 0 Å². The monoisotopic (exact) mass is 348 g/mol. The Balaban J connectivity index is 1.49. The summed E-state index contributed by atoms with van der Waals surface area (Å²) in [5, 5.41) is 10.7. The molecule has 140 valence electrons. The van der Waals surface area contributed by atoms with Gasteiger partial charge in [0.2, 0.25) is 0 Å². The fourth-order valence-electron chi connectivity index (χ4n) is 4.02. The van der Waals surface area contributed by atoms with Crippen LogP contribution in [0, 0.1) is 0 Å². The number of β-amino-alcohol motifs (C(OH)–C–C–N with tert-alkyl or cyclic N) is 1. The smallest absolute Gasteiger partial charge is 0.130 e. The zero-order valence-corrected chi connectivity index (χ0v) is 15.4. The van der Waals surface area contributed by atoms with Crippen molar-refractivity contribution >= 4 is 0 Å². The van der Waals surface area contributed by atoms with Crippen LogP contribution in [0.15, 0.2) is 12.4 Å². The third-order valence-corrected chi connectivity index (χ3v) is 5.43. The highest BCUT2D eigenvalue weighted by molar-refractivity contribution is 5.06. The van der Waals surface area contributed by atoms with Gasteiger partial charge in [0.1, 0.15) is 5.82 Å². The van der Waals surface area contributed by atoms with Gasteiger partial charge in [-0.15, -0.1) is 0 Å². The van der Waals surface area contributed by atoms with Crippen LogP contribution in [-0.2, 0) is 17.7 Å². The molecule has 0 amide bonds. The molecule has 6 nitrogen and oxygen atoms in total. The van der Waals surface area contributed by atoms with E-state index in [-0.39, 0.29) is 6.10 Å². The lowest BCUT2D eigenvalue weighted by Gasteiger charge is -2.41. The molecule has 1 N–H and O–H groups in total. The summed E-state index contributed by atoms with van der Waals surface area (Å²) in [6.45, 7) is 5.54. The molecule has 0 bridgehead atoms. The normalized spacial score (nSPS) is 26.5. The maximum Gasteiger partial charge on any atom is 0.130 e. The van der Waals surface area contributed by atoms with E-state index < -0.39 is 0 Å². The van der Waals surface area contributed by atoms with Crippen LogP contribution in [0.2, 0.25) is 0 Å². The Morgan fingerprint density at radius 1 is 1.12 bits per heavy atom. The Morgan fingerprint density at radius 3 is 2.48 bits per heavy atom. The Morgan fingerprint density at radius 2 is 1.84 bits per heavy atom. The van der Waals surface area contributed by atoms with Gasteiger partial charge >= 0.3 is 0 Å². The topological polar surface area (TPSA) is 61.7 Å². The number of piperidine rings is 1. The largest absolute Gasteiger partial charge is 0.390 e. The summed E-state index contributed by atoms with van der Waals surface area (Å²) in [7, 11) is 1.69. The molecule has 1 aromatic heterocycles. The second-order valence-corrected chi connectivity index (χ2v) is 7.36. The van der Waals surface area contributed by atoms with Crippen molar-refractivity contribution in [3.8, 4) is 0 Å². The minimum absolute atomic E-state index is 0.256. The summed E-state index contributed by atoms with van der Waals surface area (Å²) in [4.78, 5) is 13.7. The Kier molecular flexibility index (Phi) is 7.16. The van der Waals surface area contributed by atoms with Gasteiger partial charge in [-0.3, -0.25) is 9.80 Å². The number of ether oxygens (including phenoxy) is 1. The Hall–Kier alpha value is -1.08. The second-order valence-electron chi connectivity index (χ2n) is 7.36. The lowest BCUT2D eigenvalue weighted by molar-refractivity contribution is -0.0144. The molecule has 2 saturated heterocycles. The van der Waals surface area contributed by atoms with E-state index in [9.17, 15) is 5.11 Å². The van der Waals surface area contributed by atoms with Crippen LogP contribution in [0.5, 0.6) is 0 Å². The number of aliphatic hydroxyl groups excluding tert-OH is 1. The average molecular weight is 348 g/mol. The van der Waals surface area contributed by atoms with Crippen molar-refractivity contribution in [1.82, 2.24) is 19.8 Å². The highest BCUT2D eigenvalue weighted by Gasteiger charge is 2.32. The van der Waals surface area contributed by atoms with Gasteiger partial charge in [-0.25, -0.2) is 9.97 Å². The van der Waals surface area contributed by atoms with E-state index in [4.69, 9.17) is 4.74 Å². The van der Waals surface area contributed by atoms with Gasteiger partial charge in [0.25, 0.3) is 0 Å². The van der Waals surface area contributed by atoms with E-state index in [0.29, 0.717) is 12.6 Å². The van der Waals surface area contributed by atoms with Gasteiger partial charge < -0.3 is 9.84 Å². The molecule has 3 heterocycles. The molecule has 0 saturated carbocycles. The minimum atomic E-state index is -0.256. The van der Waals surface area contributed by atoms with Gasteiger partial charge in [-0.05, 0) is 32.4 Å². The number of aromatic nitrogens is 2. The highest BCUT2D eigenvalue weighted by Crippen LogP contribution is 2.22. The average Bonchev–Trinajstić information content (AvgIpc) is 2.91. The van der Waals surface area contributed by atoms with Gasteiger partial charge in [0, 0.05) is 57.2 Å². The maximum atomic E-state index is 10.7. The molecule has 3 rings (SSSR count). The highest BCUT2D eigenvalue weighted by atomic mass is 16.5. The van der Waals surface area contributed by atoms with Crippen LogP contribution in [0.4, 0.5) is 0 Å². The third kappa shape index (κ3) is 5.45. The predicted octanol–water partition coefficient (Wildman–Crippen LogP) is 1.48. The molecule has 25 heavy (non-hydrogen) atoms. The fraction of sp³-hybridized carbons (Fsp3) is 0.789. The van der Waals surface area contributed by atoms with Crippen LogP contribution < -0.4 is 0 Å². The van der Waals surface area contributed by atoms with Crippen LogP contribution in [0.1, 0.15) is 43.5 Å². The molecule has 0 unspecified atom stereocenters. The molecule has 0 aromatic carbocycles. The van der Waals surface area contributed by atoms with Crippen LogP contribution >= 0.6 is 0 Å². The molecule has 0 spiro atoms. The first-order chi connectivity index (χ1) is 12.3. The molecule has 2 aliphatic heterocycles. The van der Waals surface area contributed by atoms with E-state index in [1.165, 1.54) is 25.7 Å². The van der Waals surface area contributed by atoms with Crippen molar-refractivity contribution in [2.75, 3.05) is 39.9 Å². The van der Waals surface area contributed by atoms with Crippen molar-refractivity contribution in [2.24, 2.45) is 0 Å². The molecule has 1 aromatic rings. The van der Waals surface area contributed by atoms with Crippen molar-refractivity contribution < 1.29 is 9.84 Å². The SMILES string of the molecule is COCCc1ncc(CN2CC[C@@H](N3CCCCCC3)[C@H](O)C2)cn1. The number of likely N-dealkylation sites (tertiary alicyclic amines) is 2. The Bertz CT molecular complexity index is 503. The van der Waals surface area contributed by atoms with Crippen molar-refractivity contribution in [3.63, 3.8) is 0 Å². The predicted molar refractivity (Wildman–Crippen MR) is 97.3 cm³/mol. The summed E-state index contributed by atoms with van der Waals surface area (Å²) in [5.41, 5.74) is 1.11. The van der Waals surface area contributed by atoms with Crippen molar-refractivity contribution in [2.45, 2.75) is 57.2 Å². The molecule has 0 radical (unpaired) electrons. The summed E-state index contributed by atoms with van der Waals surface area (Å²) in [5.74, 6) is 0.825. The molecule has 2 fully saturated rings. The first-order valence-electron chi connectivity index (χ1n) is 9.69. The molecule has 6 heteroatoms. The van der Waals surface area contributed by atoms with E-state index in [2.05, 4.69) is 19.8 Å². The fourth-order valence-corrected chi connectivity index (χ4v) is 4.02. The number of hydrogen-bond acceptors (Lipinski definition) is 6. The number of nitrogens with zero attached hydrogens (tertiary/aromatic N) is 4. The summed E-state index contributed by atoms with van der Waals surface area (Å²) < 4.78 is 5.06. The quantitative estimate of drug-likeness (QED) is 0.840. The number of aliphatic hydroxyl groups is 1. The van der Waals surface area contributed by atoms with E-state index in [1.54, 1.807) is 7.11 Å². The van der Waals surface area contributed by atoms with Crippen LogP contribution in [0.3, 0.4) is 0 Å². The summed E-state index contributed by atoms with van der Waals surface area (Å²) >= 11 is 0. The first-order valence-corrected chi connectivity index (χ1v) is 9.69. The summed E-state index contributed by atoms with van der Waals surface area (Å²) in [6.07, 6.45) is 10.6. The third-order valence-electron chi connectivity index (χ3n) is 5.43. The first kappa shape index (κ1) is 18.7. The lowest BCUT2D eigenvalue weighted by atomic mass is 9.99. The van der Waals surface area contributed by atoms with E-state index in [0.717, 1.165) is 57.0 Å². The Labute approximate surface area is 151 Å². The second kappa shape index (κ2) is 9.57. The zero-order valence-electron chi connectivity index (χ0n) is 15.4. The van der Waals surface area contributed by atoms with Gasteiger partial charge in [0.15, 0.2) is 0 Å². The molecular formula is C19H32N4O2. The van der Waals surface area contributed by atoms with Gasteiger partial charge in [-0.1, -0.05) is 12.8 Å². The van der Waals surface area contributed by atoms with Crippen LogP contribution in [0.25, 0.3) is 0 Å². The van der Waals surface area contributed by atoms with Crippen LogP contribution in [-0.4, -0.2) is 76.9 Å². The molecule has 2 aliphatic rings. The number of hydrogen-bond donors (Lipinski definition) is 1. The maximum absolute atomic E-state index is 10.7. The van der Waals surface area contributed by atoms with E-state index >= 15 is 0 Å². The molecule has 0 aliphatic carbocycles. The number of rotatable bonds is 6. The number of methoxy groups -OCH3 is 1. The zero-order chi connectivity index (χ0) is 17.5. The molecular weight excluding hydrogens is 316 g/mol. The van der Waals surface area contributed by atoms with Crippen molar-refractivity contribution in [3.05, 3.63) is 23.8 Å². The van der Waals surface area contributed by atoms with Gasteiger partial charge in [0.05, 0.1) is 12.7 Å². The lowest BCUT2D eigenvalue weighted by Crippen LogP contribution is -2.54. The molecule has 2 atom stereocenters. The minimum Gasteiger partial charge on any atom is -0.390 e. The van der Waals surface area contributed by atoms with Gasteiger partial charge in [-0.2, -0.15) is 0 Å². The standard InChI is InChI=1S/C19H32N4O2/c1-25-11-7-19-20-12-16(13-21-19)14-22-10-6-17(18(24)15-22)23-8-4-2-3-5-9-23/h12-13,17-18,24H,2-11,14-15H2,1H3/t17-,18-/m1/s1. The summed E-state index contributed by atoms with van der Waals surface area (Å²) in [6, 6.07) is 0.335.